The van der Waals surface area contributed by atoms with Crippen molar-refractivity contribution in [3.8, 4) is 0 Å². The van der Waals surface area contributed by atoms with Gasteiger partial charge in [-0.15, -0.1) is 0 Å². The topological polar surface area (TPSA) is 78.9 Å². The molecule has 0 radical (unpaired) electrons. The Morgan fingerprint density at radius 3 is 2.41 bits per heavy atom. The molecule has 3 aromatic rings. The Hall–Kier alpha value is -2.95. The molecule has 0 bridgehead atoms. The minimum absolute atomic E-state index is 0.121. The first-order chi connectivity index (χ1) is 12.8. The third-order valence-electron chi connectivity index (χ3n) is 4.24. The number of aromatic nitrogens is 3. The number of para-hydroxylation sites is 1. The number of aromatic amines is 1. The van der Waals surface area contributed by atoms with Crippen molar-refractivity contribution < 1.29 is 9.90 Å². The fraction of sp³-hybridized carbons (Fsp3) is 0.318. The van der Waals surface area contributed by atoms with Crippen LogP contribution in [0.3, 0.4) is 0 Å². The maximum absolute atomic E-state index is 10.4. The lowest BCUT2D eigenvalue weighted by Crippen LogP contribution is -2.11. The summed E-state index contributed by atoms with van der Waals surface area (Å²) >= 11 is 0. The van der Waals surface area contributed by atoms with Crippen molar-refractivity contribution in [2.24, 2.45) is 0 Å². The summed E-state index contributed by atoms with van der Waals surface area (Å²) in [5.41, 5.74) is 4.81. The number of nitrogens with one attached hydrogen (secondary N) is 1. The molecule has 2 N–H and O–H groups in total. The van der Waals surface area contributed by atoms with Crippen LogP contribution in [0, 0.1) is 0 Å². The Morgan fingerprint density at radius 2 is 1.78 bits per heavy atom. The highest BCUT2D eigenvalue weighted by Gasteiger charge is 2.18. The van der Waals surface area contributed by atoms with E-state index in [2.05, 4.69) is 48.8 Å². The average Bonchev–Trinajstić information content (AvgIpc) is 3.10. The van der Waals surface area contributed by atoms with Crippen molar-refractivity contribution in [3.63, 3.8) is 0 Å². The maximum Gasteiger partial charge on any atom is 0.330 e. The molecule has 0 spiro atoms. The number of carboxylic acid groups (broad SMARTS) is 1. The van der Waals surface area contributed by atoms with E-state index in [1.165, 1.54) is 11.1 Å². The lowest BCUT2D eigenvalue weighted by atomic mass is 9.86. The first-order valence-corrected chi connectivity index (χ1v) is 9.04. The van der Waals surface area contributed by atoms with E-state index in [9.17, 15) is 4.79 Å². The van der Waals surface area contributed by atoms with E-state index >= 15 is 0 Å². The number of fused-ring (bicyclic) bond motifs is 1. The van der Waals surface area contributed by atoms with E-state index in [0.717, 1.165) is 23.9 Å². The lowest BCUT2D eigenvalue weighted by molar-refractivity contribution is -0.132. The second kappa shape index (κ2) is 9.12. The van der Waals surface area contributed by atoms with Crippen LogP contribution in [0.5, 0.6) is 0 Å². The number of aliphatic carboxylic acids is 1. The van der Waals surface area contributed by atoms with Crippen molar-refractivity contribution in [2.45, 2.75) is 45.4 Å². The summed E-state index contributed by atoms with van der Waals surface area (Å²) in [4.78, 5) is 10.4. The molecule has 1 aromatic heterocycles. The molecule has 27 heavy (non-hydrogen) atoms. The van der Waals surface area contributed by atoms with Crippen LogP contribution < -0.4 is 0 Å². The molecule has 0 aliphatic rings. The van der Waals surface area contributed by atoms with Gasteiger partial charge in [-0.2, -0.15) is 15.4 Å². The Balaban J connectivity index is 0.000000194. The van der Waals surface area contributed by atoms with E-state index in [-0.39, 0.29) is 5.41 Å². The van der Waals surface area contributed by atoms with Crippen LogP contribution in [0.2, 0.25) is 0 Å². The van der Waals surface area contributed by atoms with Gasteiger partial charge in [0, 0.05) is 5.57 Å². The molecule has 142 valence electrons. The number of nitrogens with zero attached hydrogens (tertiary/aromatic N) is 2. The number of carboxylic acids is 1. The van der Waals surface area contributed by atoms with Crippen LogP contribution >= 0.6 is 0 Å². The lowest BCUT2D eigenvalue weighted by Gasteiger charge is -2.18. The zero-order valence-electron chi connectivity index (χ0n) is 16.2. The quantitative estimate of drug-likeness (QED) is 0.630. The van der Waals surface area contributed by atoms with Crippen molar-refractivity contribution in [1.29, 1.82) is 0 Å². The van der Waals surface area contributed by atoms with Gasteiger partial charge in [0.2, 0.25) is 0 Å². The number of benzene rings is 2. The van der Waals surface area contributed by atoms with Gasteiger partial charge < -0.3 is 5.11 Å². The number of carbonyl (C=O) groups is 1. The molecule has 0 atom stereocenters. The standard InChI is InChI=1S/C12H14O2.C10H13N3/c1-10(12(13)14)6-5-9-11-7-3-2-4-8-11;1-10(2,3)7-5-4-6-8-9(7)12-13-11-8/h2-4,7-8H,1,5-6,9H2,(H,13,14);4-6H,1-3H3,(H,11,12,13). The minimum atomic E-state index is -0.891. The van der Waals surface area contributed by atoms with Crippen LogP contribution in [0.4, 0.5) is 0 Å². The van der Waals surface area contributed by atoms with Gasteiger partial charge in [0.1, 0.15) is 11.0 Å². The van der Waals surface area contributed by atoms with Crippen LogP contribution in [0.15, 0.2) is 60.7 Å². The first kappa shape index (κ1) is 20.4. The number of hydrogen-bond donors (Lipinski definition) is 2. The van der Waals surface area contributed by atoms with Gasteiger partial charge in [-0.25, -0.2) is 4.79 Å². The van der Waals surface area contributed by atoms with Gasteiger partial charge in [0.15, 0.2) is 0 Å². The maximum atomic E-state index is 10.4. The smallest absolute Gasteiger partial charge is 0.330 e. The number of aryl methyl sites for hydroxylation is 1. The second-order valence-corrected chi connectivity index (χ2v) is 7.49. The zero-order chi connectivity index (χ0) is 19.9. The second-order valence-electron chi connectivity index (χ2n) is 7.49. The van der Waals surface area contributed by atoms with Crippen LogP contribution in [-0.2, 0) is 16.6 Å². The third kappa shape index (κ3) is 6.06. The molecule has 3 rings (SSSR count). The largest absolute Gasteiger partial charge is 0.478 e. The summed E-state index contributed by atoms with van der Waals surface area (Å²) in [6.45, 7) is 10.0. The SMILES string of the molecule is C=C(CCCc1ccccc1)C(=O)O.CC(C)(C)c1cccc2n[nH]nc12. The number of H-pyrrole nitrogens is 1. The predicted molar refractivity (Wildman–Crippen MR) is 109 cm³/mol. The number of hydrogen-bond acceptors (Lipinski definition) is 3. The van der Waals surface area contributed by atoms with Crippen LogP contribution in [-0.4, -0.2) is 26.5 Å². The Bertz CT molecular complexity index is 893. The fourth-order valence-corrected chi connectivity index (χ4v) is 2.73. The van der Waals surface area contributed by atoms with Gasteiger partial charge in [0.05, 0.1) is 0 Å². The Kier molecular flexibility index (Phi) is 6.88. The summed E-state index contributed by atoms with van der Waals surface area (Å²) in [5, 5.41) is 19.4. The van der Waals surface area contributed by atoms with Crippen molar-refractivity contribution in [2.75, 3.05) is 0 Å². The van der Waals surface area contributed by atoms with Gasteiger partial charge in [0.25, 0.3) is 0 Å². The first-order valence-electron chi connectivity index (χ1n) is 9.04. The van der Waals surface area contributed by atoms with Gasteiger partial charge >= 0.3 is 5.97 Å². The molecule has 0 amide bonds. The van der Waals surface area contributed by atoms with Gasteiger partial charge in [-0.3, -0.25) is 0 Å². The summed E-state index contributed by atoms with van der Waals surface area (Å²) in [7, 11) is 0. The van der Waals surface area contributed by atoms with E-state index in [4.69, 9.17) is 5.11 Å². The predicted octanol–water partition coefficient (Wildman–Crippen LogP) is 4.91. The monoisotopic (exact) mass is 365 g/mol. The molecule has 1 heterocycles. The van der Waals surface area contributed by atoms with E-state index in [0.29, 0.717) is 12.0 Å². The van der Waals surface area contributed by atoms with E-state index < -0.39 is 5.97 Å². The summed E-state index contributed by atoms with van der Waals surface area (Å²) in [6.07, 6.45) is 2.31. The fourth-order valence-electron chi connectivity index (χ4n) is 2.73. The van der Waals surface area contributed by atoms with Gasteiger partial charge in [-0.05, 0) is 41.9 Å². The highest BCUT2D eigenvalue weighted by molar-refractivity contribution is 5.85. The molecule has 0 fully saturated rings. The molecule has 0 saturated heterocycles. The van der Waals surface area contributed by atoms with Gasteiger partial charge in [-0.1, -0.05) is 69.8 Å². The molecular weight excluding hydrogens is 338 g/mol. The molecule has 5 nitrogen and oxygen atoms in total. The average molecular weight is 365 g/mol. The Labute approximate surface area is 160 Å². The summed E-state index contributed by atoms with van der Waals surface area (Å²) in [6, 6.07) is 16.1. The molecule has 5 heteroatoms. The Morgan fingerprint density at radius 1 is 1.07 bits per heavy atom. The van der Waals surface area contributed by atoms with Crippen molar-refractivity contribution in [3.05, 3.63) is 71.8 Å². The molecular formula is C22H27N3O2. The van der Waals surface area contributed by atoms with Crippen LogP contribution in [0.25, 0.3) is 11.0 Å². The highest BCUT2D eigenvalue weighted by Crippen LogP contribution is 2.27. The molecule has 0 aliphatic heterocycles. The molecule has 0 saturated carbocycles. The highest BCUT2D eigenvalue weighted by atomic mass is 16.4. The van der Waals surface area contributed by atoms with E-state index in [1.807, 2.05) is 42.5 Å². The summed E-state index contributed by atoms with van der Waals surface area (Å²) in [5.74, 6) is -0.891. The van der Waals surface area contributed by atoms with Crippen LogP contribution in [0.1, 0.15) is 44.7 Å². The normalized spacial score (nSPS) is 10.9. The van der Waals surface area contributed by atoms with E-state index in [1.54, 1.807) is 0 Å². The van der Waals surface area contributed by atoms with Crippen molar-refractivity contribution >= 4 is 17.0 Å². The molecule has 0 unspecified atom stereocenters. The minimum Gasteiger partial charge on any atom is -0.478 e. The zero-order valence-corrected chi connectivity index (χ0v) is 16.2. The molecule has 0 aliphatic carbocycles. The van der Waals surface area contributed by atoms with Crippen molar-refractivity contribution in [1.82, 2.24) is 15.4 Å². The summed E-state index contributed by atoms with van der Waals surface area (Å²) < 4.78 is 0. The molecule has 2 aromatic carbocycles. The third-order valence-corrected chi connectivity index (χ3v) is 4.24. The number of rotatable bonds is 5.